The molecule has 0 spiro atoms. The molecule has 1 aromatic rings. The van der Waals surface area contributed by atoms with E-state index in [0.29, 0.717) is 5.92 Å². The second kappa shape index (κ2) is 13.0. The van der Waals surface area contributed by atoms with Gasteiger partial charge >= 0.3 is 0 Å². The zero-order chi connectivity index (χ0) is 17.6. The second-order valence-electron chi connectivity index (χ2n) is 7.02. The third kappa shape index (κ3) is 7.99. The lowest BCUT2D eigenvalue weighted by atomic mass is 9.83. The maximum Gasteiger partial charge on any atom is 0.000748 e. The van der Waals surface area contributed by atoms with Crippen LogP contribution in [-0.2, 0) is 0 Å². The van der Waals surface area contributed by atoms with E-state index in [1.54, 1.807) is 5.57 Å². The molecule has 0 heteroatoms. The Morgan fingerprint density at radius 1 is 0.917 bits per heavy atom. The molecule has 24 heavy (non-hydrogen) atoms. The summed E-state index contributed by atoms with van der Waals surface area (Å²) < 4.78 is 0. The normalized spacial score (nSPS) is 14.0. The van der Waals surface area contributed by atoms with E-state index in [1.165, 1.54) is 68.9 Å². The second-order valence-corrected chi connectivity index (χ2v) is 7.02. The van der Waals surface area contributed by atoms with E-state index in [1.807, 2.05) is 0 Å². The number of hydrogen-bond acceptors (Lipinski definition) is 0. The van der Waals surface area contributed by atoms with Crippen LogP contribution in [0.15, 0.2) is 47.6 Å². The first-order valence-corrected chi connectivity index (χ1v) is 10.1. The van der Waals surface area contributed by atoms with E-state index in [0.717, 1.165) is 0 Å². The summed E-state index contributed by atoms with van der Waals surface area (Å²) in [6, 6.07) is 10.8. The van der Waals surface area contributed by atoms with E-state index in [2.05, 4.69) is 70.2 Å². The predicted molar refractivity (Wildman–Crippen MR) is 110 cm³/mol. The van der Waals surface area contributed by atoms with E-state index in [-0.39, 0.29) is 0 Å². The maximum atomic E-state index is 2.57. The molecule has 0 aliphatic heterocycles. The predicted octanol–water partition coefficient (Wildman–Crippen LogP) is 8.20. The van der Waals surface area contributed by atoms with Crippen LogP contribution in [0.2, 0.25) is 0 Å². The number of allylic oxidation sites excluding steroid dienone is 3. The smallest absolute Gasteiger partial charge is 0.000748 e. The number of unbranched alkanes of at least 4 members (excludes halogenated alkanes) is 4. The highest BCUT2D eigenvalue weighted by atomic mass is 14.2. The fourth-order valence-electron chi connectivity index (χ4n) is 3.32. The highest BCUT2D eigenvalue weighted by molar-refractivity contribution is 5.53. The van der Waals surface area contributed by atoms with Gasteiger partial charge in [0, 0.05) is 5.92 Å². The zero-order valence-corrected chi connectivity index (χ0v) is 16.5. The van der Waals surface area contributed by atoms with E-state index < -0.39 is 0 Å². The molecule has 0 N–H and O–H groups in total. The molecule has 0 aliphatic rings. The molecule has 0 radical (unpaired) electrons. The lowest BCUT2D eigenvalue weighted by Crippen LogP contribution is -2.07. The average Bonchev–Trinajstić information content (AvgIpc) is 2.60. The van der Waals surface area contributed by atoms with Crippen molar-refractivity contribution in [2.75, 3.05) is 0 Å². The summed E-state index contributed by atoms with van der Waals surface area (Å²) in [5.74, 6) is 0.633. The zero-order valence-electron chi connectivity index (χ0n) is 16.5. The average molecular weight is 327 g/mol. The van der Waals surface area contributed by atoms with Gasteiger partial charge in [-0.05, 0) is 38.2 Å². The van der Waals surface area contributed by atoms with Gasteiger partial charge in [0.25, 0.3) is 0 Å². The molecule has 1 rings (SSSR count). The number of hydrogen-bond donors (Lipinski definition) is 0. The molecule has 1 atom stereocenters. The van der Waals surface area contributed by atoms with Crippen LogP contribution in [0.25, 0.3) is 6.08 Å². The van der Waals surface area contributed by atoms with Crippen molar-refractivity contribution < 1.29 is 0 Å². The van der Waals surface area contributed by atoms with Gasteiger partial charge in [0.15, 0.2) is 0 Å². The molecule has 134 valence electrons. The number of rotatable bonds is 12. The molecule has 0 bridgehead atoms. The molecule has 1 aromatic carbocycles. The maximum absolute atomic E-state index is 2.57. The van der Waals surface area contributed by atoms with Crippen LogP contribution in [0, 0.1) is 5.92 Å². The first-order valence-electron chi connectivity index (χ1n) is 10.1. The summed E-state index contributed by atoms with van der Waals surface area (Å²) in [4.78, 5) is 0. The first kappa shape index (κ1) is 20.7. The van der Waals surface area contributed by atoms with E-state index in [9.17, 15) is 0 Å². The molecule has 0 nitrogen and oxygen atoms in total. The quantitative estimate of drug-likeness (QED) is 0.268. The SMILES string of the molecule is CCCCC=C(CCCC)C(CCCC)C(C)=Cc1ccccc1. The molecule has 0 heterocycles. The Hall–Kier alpha value is -1.30. The molecule has 0 saturated heterocycles. The molecule has 0 aromatic heterocycles. The first-order chi connectivity index (χ1) is 11.7. The van der Waals surface area contributed by atoms with Crippen LogP contribution in [0.4, 0.5) is 0 Å². The monoisotopic (exact) mass is 326 g/mol. The van der Waals surface area contributed by atoms with Gasteiger partial charge in [-0.15, -0.1) is 0 Å². The van der Waals surface area contributed by atoms with Crippen molar-refractivity contribution in [3.8, 4) is 0 Å². The van der Waals surface area contributed by atoms with Gasteiger partial charge in [0.05, 0.1) is 0 Å². The fraction of sp³-hybridized carbons (Fsp3) is 0.583. The molecule has 0 fully saturated rings. The summed E-state index contributed by atoms with van der Waals surface area (Å²) >= 11 is 0. The standard InChI is InChI=1S/C24H38/c1-5-8-12-18-23(17-9-6-2)24(19-10-7-3)21(4)20-22-15-13-11-14-16-22/h11,13-16,18,20,24H,5-10,12,17,19H2,1-4H3. The van der Waals surface area contributed by atoms with Crippen LogP contribution in [-0.4, -0.2) is 0 Å². The third-order valence-corrected chi connectivity index (χ3v) is 4.82. The highest BCUT2D eigenvalue weighted by Gasteiger charge is 2.15. The third-order valence-electron chi connectivity index (χ3n) is 4.82. The summed E-state index contributed by atoms with van der Waals surface area (Å²) in [6.07, 6.45) is 16.6. The highest BCUT2D eigenvalue weighted by Crippen LogP contribution is 2.31. The Balaban J connectivity index is 3.00. The Kier molecular flexibility index (Phi) is 11.3. The minimum absolute atomic E-state index is 0.633. The fourth-order valence-corrected chi connectivity index (χ4v) is 3.32. The van der Waals surface area contributed by atoms with Crippen molar-refractivity contribution in [1.82, 2.24) is 0 Å². The van der Waals surface area contributed by atoms with Crippen molar-refractivity contribution in [3.05, 3.63) is 53.1 Å². The van der Waals surface area contributed by atoms with Gasteiger partial charge in [-0.25, -0.2) is 0 Å². The van der Waals surface area contributed by atoms with Gasteiger partial charge in [-0.1, -0.05) is 107 Å². The lowest BCUT2D eigenvalue weighted by molar-refractivity contribution is 0.564. The molecule has 0 amide bonds. The van der Waals surface area contributed by atoms with Crippen molar-refractivity contribution >= 4 is 6.08 Å². The Morgan fingerprint density at radius 2 is 1.58 bits per heavy atom. The van der Waals surface area contributed by atoms with Crippen LogP contribution < -0.4 is 0 Å². The van der Waals surface area contributed by atoms with Gasteiger partial charge in [-0.3, -0.25) is 0 Å². The van der Waals surface area contributed by atoms with E-state index >= 15 is 0 Å². The molecule has 1 unspecified atom stereocenters. The van der Waals surface area contributed by atoms with Crippen LogP contribution in [0.3, 0.4) is 0 Å². The summed E-state index contributed by atoms with van der Waals surface area (Å²) in [7, 11) is 0. The lowest BCUT2D eigenvalue weighted by Gasteiger charge is -2.22. The molecular weight excluding hydrogens is 288 g/mol. The number of benzene rings is 1. The van der Waals surface area contributed by atoms with Crippen LogP contribution in [0.1, 0.15) is 91.0 Å². The van der Waals surface area contributed by atoms with Gasteiger partial charge in [0.2, 0.25) is 0 Å². The Bertz CT molecular complexity index is 478. The summed E-state index contributed by atoms with van der Waals surface area (Å²) in [6.45, 7) is 9.23. The Morgan fingerprint density at radius 3 is 2.21 bits per heavy atom. The van der Waals surface area contributed by atoms with Crippen LogP contribution >= 0.6 is 0 Å². The topological polar surface area (TPSA) is 0 Å². The minimum Gasteiger partial charge on any atom is -0.0847 e. The van der Waals surface area contributed by atoms with Gasteiger partial charge in [0.1, 0.15) is 0 Å². The molecular formula is C24H38. The minimum atomic E-state index is 0.633. The summed E-state index contributed by atoms with van der Waals surface area (Å²) in [5.41, 5.74) is 4.57. The molecule has 0 aliphatic carbocycles. The van der Waals surface area contributed by atoms with Crippen molar-refractivity contribution in [2.45, 2.75) is 85.5 Å². The summed E-state index contributed by atoms with van der Waals surface area (Å²) in [5, 5.41) is 0. The van der Waals surface area contributed by atoms with Gasteiger partial charge in [-0.2, -0.15) is 0 Å². The largest absolute Gasteiger partial charge is 0.0847 e. The van der Waals surface area contributed by atoms with Crippen LogP contribution in [0.5, 0.6) is 0 Å². The molecule has 0 saturated carbocycles. The van der Waals surface area contributed by atoms with Crippen molar-refractivity contribution in [1.29, 1.82) is 0 Å². The van der Waals surface area contributed by atoms with E-state index in [4.69, 9.17) is 0 Å². The van der Waals surface area contributed by atoms with Gasteiger partial charge < -0.3 is 0 Å². The Labute approximate surface area is 151 Å². The van der Waals surface area contributed by atoms with Crippen molar-refractivity contribution in [2.24, 2.45) is 5.92 Å². The van der Waals surface area contributed by atoms with Crippen molar-refractivity contribution in [3.63, 3.8) is 0 Å².